The van der Waals surface area contributed by atoms with E-state index < -0.39 is 0 Å². The van der Waals surface area contributed by atoms with Gasteiger partial charge in [-0.2, -0.15) is 11.8 Å². The first-order valence-electron chi connectivity index (χ1n) is 6.88. The Kier molecular flexibility index (Phi) is 5.01. The number of aryl methyl sites for hydroxylation is 2. The molecule has 1 unspecified atom stereocenters. The number of thioether (sulfide) groups is 1. The van der Waals surface area contributed by atoms with Crippen molar-refractivity contribution in [3.05, 3.63) is 22.8 Å². The van der Waals surface area contributed by atoms with Crippen molar-refractivity contribution < 1.29 is 0 Å². The predicted molar refractivity (Wildman–Crippen MR) is 77.9 cm³/mol. The first-order chi connectivity index (χ1) is 8.72. The molecule has 0 radical (unpaired) electrons. The monoisotopic (exact) mass is 265 g/mol. The molecule has 0 aromatic carbocycles. The molecule has 100 valence electrons. The van der Waals surface area contributed by atoms with Gasteiger partial charge in [0.2, 0.25) is 0 Å². The Morgan fingerprint density at radius 3 is 2.50 bits per heavy atom. The lowest BCUT2D eigenvalue weighted by atomic mass is 10.1. The Labute approximate surface area is 114 Å². The van der Waals surface area contributed by atoms with Crippen LogP contribution < -0.4 is 5.32 Å². The van der Waals surface area contributed by atoms with Crippen molar-refractivity contribution >= 4 is 11.8 Å². The molecule has 0 bridgehead atoms. The zero-order chi connectivity index (χ0) is 13.0. The van der Waals surface area contributed by atoms with E-state index in [0.717, 1.165) is 30.3 Å². The topological polar surface area (TPSA) is 37.8 Å². The van der Waals surface area contributed by atoms with E-state index >= 15 is 0 Å². The van der Waals surface area contributed by atoms with Crippen LogP contribution in [0.4, 0.5) is 0 Å². The maximum absolute atomic E-state index is 4.74. The molecule has 2 rings (SSSR count). The normalized spacial score (nSPS) is 20.1. The summed E-state index contributed by atoms with van der Waals surface area (Å²) in [5, 5.41) is 3.88. The van der Waals surface area contributed by atoms with Crippen molar-refractivity contribution in [3.8, 4) is 0 Å². The van der Waals surface area contributed by atoms with E-state index in [0.29, 0.717) is 5.25 Å². The first-order valence-corrected chi connectivity index (χ1v) is 7.93. The average Bonchev–Trinajstić information content (AvgIpc) is 2.39. The van der Waals surface area contributed by atoms with Gasteiger partial charge in [-0.3, -0.25) is 0 Å². The maximum atomic E-state index is 4.74. The summed E-state index contributed by atoms with van der Waals surface area (Å²) in [5.74, 6) is 2.31. The van der Waals surface area contributed by atoms with Crippen LogP contribution in [0.3, 0.4) is 0 Å². The summed E-state index contributed by atoms with van der Waals surface area (Å²) in [6.07, 6.45) is 3.89. The summed E-state index contributed by atoms with van der Waals surface area (Å²) < 4.78 is 0. The largest absolute Gasteiger partial charge is 0.313 e. The number of aromatic nitrogens is 2. The van der Waals surface area contributed by atoms with Gasteiger partial charge in [0, 0.05) is 23.5 Å². The van der Waals surface area contributed by atoms with E-state index in [-0.39, 0.29) is 0 Å². The van der Waals surface area contributed by atoms with Crippen LogP contribution in [0.1, 0.15) is 54.2 Å². The van der Waals surface area contributed by atoms with Crippen LogP contribution in [0, 0.1) is 13.8 Å². The van der Waals surface area contributed by atoms with Gasteiger partial charge in [0.15, 0.2) is 0 Å². The molecular formula is C14H23N3S. The number of hydrogen-bond donors (Lipinski definition) is 1. The summed E-state index contributed by atoms with van der Waals surface area (Å²) in [5.41, 5.74) is 3.55. The molecule has 0 spiro atoms. The molecule has 2 heterocycles. The van der Waals surface area contributed by atoms with Crippen LogP contribution in [0.2, 0.25) is 0 Å². The summed E-state index contributed by atoms with van der Waals surface area (Å²) in [4.78, 5) is 9.48. The second kappa shape index (κ2) is 6.53. The highest BCUT2D eigenvalue weighted by molar-refractivity contribution is 7.99. The molecule has 0 amide bonds. The third-order valence-corrected chi connectivity index (χ3v) is 4.83. The van der Waals surface area contributed by atoms with Crippen molar-refractivity contribution in [2.45, 2.75) is 51.8 Å². The van der Waals surface area contributed by atoms with E-state index in [1.807, 2.05) is 11.8 Å². The van der Waals surface area contributed by atoms with Crippen LogP contribution >= 0.6 is 11.8 Å². The fraction of sp³-hybridized carbons (Fsp3) is 0.714. The number of nitrogens with zero attached hydrogens (tertiary/aromatic N) is 2. The van der Waals surface area contributed by atoms with Gasteiger partial charge in [-0.05, 0) is 39.0 Å². The smallest absolute Gasteiger partial charge is 0.141 e. The lowest BCUT2D eigenvalue weighted by Gasteiger charge is -2.21. The molecule has 1 atom stereocenters. The molecule has 1 N–H and O–H groups in total. The standard InChI is InChI=1S/C14H23N3S/c1-4-15-9-12-10(2)16-14(17-11(12)3)13-7-5-6-8-18-13/h13,15H,4-9H2,1-3H3. The quantitative estimate of drug-likeness (QED) is 0.907. The minimum atomic E-state index is 0.518. The van der Waals surface area contributed by atoms with Crippen molar-refractivity contribution in [1.29, 1.82) is 0 Å². The Morgan fingerprint density at radius 2 is 1.94 bits per heavy atom. The van der Waals surface area contributed by atoms with E-state index in [4.69, 9.17) is 9.97 Å². The van der Waals surface area contributed by atoms with Gasteiger partial charge in [0.25, 0.3) is 0 Å². The van der Waals surface area contributed by atoms with Gasteiger partial charge in [0.05, 0.1) is 5.25 Å². The van der Waals surface area contributed by atoms with Crippen molar-refractivity contribution in [2.75, 3.05) is 12.3 Å². The van der Waals surface area contributed by atoms with Gasteiger partial charge >= 0.3 is 0 Å². The summed E-state index contributed by atoms with van der Waals surface area (Å²) in [7, 11) is 0. The van der Waals surface area contributed by atoms with Gasteiger partial charge in [0.1, 0.15) is 5.82 Å². The van der Waals surface area contributed by atoms with Crippen LogP contribution in [0.5, 0.6) is 0 Å². The number of rotatable bonds is 4. The molecule has 3 nitrogen and oxygen atoms in total. The minimum Gasteiger partial charge on any atom is -0.313 e. The van der Waals surface area contributed by atoms with Crippen LogP contribution in [-0.2, 0) is 6.54 Å². The zero-order valence-corrected chi connectivity index (χ0v) is 12.4. The predicted octanol–water partition coefficient (Wildman–Crippen LogP) is 3.16. The highest BCUT2D eigenvalue weighted by Gasteiger charge is 2.20. The Hall–Kier alpha value is -0.610. The summed E-state index contributed by atoms with van der Waals surface area (Å²) in [6, 6.07) is 0. The van der Waals surface area contributed by atoms with E-state index in [1.54, 1.807) is 0 Å². The fourth-order valence-electron chi connectivity index (χ4n) is 2.36. The molecule has 4 heteroatoms. The highest BCUT2D eigenvalue weighted by Crippen LogP contribution is 2.36. The molecule has 1 aliphatic rings. The molecule has 1 fully saturated rings. The molecule has 1 aromatic rings. The second-order valence-corrected chi connectivity index (χ2v) is 6.18. The second-order valence-electron chi connectivity index (χ2n) is 4.87. The van der Waals surface area contributed by atoms with E-state index in [1.165, 1.54) is 30.6 Å². The summed E-state index contributed by atoms with van der Waals surface area (Å²) >= 11 is 2.02. The maximum Gasteiger partial charge on any atom is 0.141 e. The molecule has 1 saturated heterocycles. The third-order valence-electron chi connectivity index (χ3n) is 3.46. The lowest BCUT2D eigenvalue weighted by Crippen LogP contribution is -2.17. The Balaban J connectivity index is 2.18. The first kappa shape index (κ1) is 13.8. The van der Waals surface area contributed by atoms with E-state index in [9.17, 15) is 0 Å². The molecule has 0 aliphatic carbocycles. The highest BCUT2D eigenvalue weighted by atomic mass is 32.2. The van der Waals surface area contributed by atoms with Gasteiger partial charge in [-0.25, -0.2) is 9.97 Å². The minimum absolute atomic E-state index is 0.518. The zero-order valence-electron chi connectivity index (χ0n) is 11.6. The van der Waals surface area contributed by atoms with Gasteiger partial charge in [-0.1, -0.05) is 13.3 Å². The Morgan fingerprint density at radius 1 is 1.22 bits per heavy atom. The van der Waals surface area contributed by atoms with Crippen LogP contribution in [0.15, 0.2) is 0 Å². The molecular weight excluding hydrogens is 242 g/mol. The number of hydrogen-bond acceptors (Lipinski definition) is 4. The average molecular weight is 265 g/mol. The number of nitrogens with one attached hydrogen (secondary N) is 1. The molecule has 0 saturated carbocycles. The SMILES string of the molecule is CCNCc1c(C)nc(C2CCCCS2)nc1C. The lowest BCUT2D eigenvalue weighted by molar-refractivity contribution is 0.650. The van der Waals surface area contributed by atoms with Gasteiger partial charge < -0.3 is 5.32 Å². The molecule has 18 heavy (non-hydrogen) atoms. The van der Waals surface area contributed by atoms with Crippen molar-refractivity contribution in [3.63, 3.8) is 0 Å². The Bertz CT molecular complexity index is 377. The van der Waals surface area contributed by atoms with E-state index in [2.05, 4.69) is 26.1 Å². The van der Waals surface area contributed by atoms with Gasteiger partial charge in [-0.15, -0.1) is 0 Å². The van der Waals surface area contributed by atoms with Crippen molar-refractivity contribution in [1.82, 2.24) is 15.3 Å². The van der Waals surface area contributed by atoms with Crippen LogP contribution in [0.25, 0.3) is 0 Å². The van der Waals surface area contributed by atoms with Crippen LogP contribution in [-0.4, -0.2) is 22.3 Å². The van der Waals surface area contributed by atoms with Crippen molar-refractivity contribution in [2.24, 2.45) is 0 Å². The third kappa shape index (κ3) is 3.23. The summed E-state index contributed by atoms with van der Waals surface area (Å²) in [6.45, 7) is 8.21. The molecule has 1 aromatic heterocycles. The molecule has 1 aliphatic heterocycles. The fourth-order valence-corrected chi connectivity index (χ4v) is 3.60.